The van der Waals surface area contributed by atoms with Crippen LogP contribution in [0, 0.1) is 6.92 Å². The van der Waals surface area contributed by atoms with Gasteiger partial charge in [0.15, 0.2) is 4.96 Å². The number of nitrogens with zero attached hydrogens (tertiary/aromatic N) is 2. The van der Waals surface area contributed by atoms with E-state index in [-0.39, 0.29) is 11.1 Å². The number of amides is 1. The van der Waals surface area contributed by atoms with Crippen LogP contribution in [0.3, 0.4) is 0 Å². The van der Waals surface area contributed by atoms with Crippen LogP contribution in [0.4, 0.5) is 5.69 Å². The fourth-order valence-corrected chi connectivity index (χ4v) is 3.32. The summed E-state index contributed by atoms with van der Waals surface area (Å²) < 4.78 is 1.41. The second-order valence-corrected chi connectivity index (χ2v) is 6.38. The molecule has 7 heteroatoms. The Kier molecular flexibility index (Phi) is 3.02. The van der Waals surface area contributed by atoms with Crippen LogP contribution in [0.5, 0.6) is 0 Å². The van der Waals surface area contributed by atoms with Crippen molar-refractivity contribution in [2.75, 3.05) is 5.32 Å². The molecule has 23 heavy (non-hydrogen) atoms. The summed E-state index contributed by atoms with van der Waals surface area (Å²) in [5.41, 5.74) is 1.23. The average molecular weight is 324 g/mol. The van der Waals surface area contributed by atoms with Crippen molar-refractivity contribution in [2.45, 2.75) is 6.92 Å². The van der Waals surface area contributed by atoms with E-state index in [4.69, 9.17) is 0 Å². The summed E-state index contributed by atoms with van der Waals surface area (Å²) in [7, 11) is 0. The molecule has 0 bridgehead atoms. The van der Waals surface area contributed by atoms with Gasteiger partial charge in [-0.1, -0.05) is 6.07 Å². The maximum Gasteiger partial charge on any atom is 0.271 e. The normalized spacial score (nSPS) is 11.2. The maximum absolute atomic E-state index is 12.5. The van der Waals surface area contributed by atoms with E-state index < -0.39 is 5.91 Å². The van der Waals surface area contributed by atoms with Gasteiger partial charge in [-0.15, -0.1) is 11.3 Å². The number of thiazole rings is 1. The van der Waals surface area contributed by atoms with E-state index in [1.54, 1.807) is 18.5 Å². The van der Waals surface area contributed by atoms with Crippen molar-refractivity contribution < 1.29 is 4.79 Å². The van der Waals surface area contributed by atoms with Gasteiger partial charge in [-0.2, -0.15) is 0 Å². The molecule has 4 aromatic rings. The highest BCUT2D eigenvalue weighted by Crippen LogP contribution is 2.22. The highest BCUT2D eigenvalue weighted by atomic mass is 32.1. The predicted molar refractivity (Wildman–Crippen MR) is 90.3 cm³/mol. The first-order valence-corrected chi connectivity index (χ1v) is 7.80. The Balaban J connectivity index is 1.76. The lowest BCUT2D eigenvalue weighted by molar-refractivity contribution is 0.102. The van der Waals surface area contributed by atoms with Crippen molar-refractivity contribution in [1.29, 1.82) is 0 Å². The Morgan fingerprint density at radius 1 is 1.35 bits per heavy atom. The Hall–Kier alpha value is -2.93. The minimum Gasteiger partial charge on any atom is -0.361 e. The topological polar surface area (TPSA) is 79.3 Å². The number of rotatable bonds is 2. The predicted octanol–water partition coefficient (Wildman–Crippen LogP) is 2.80. The van der Waals surface area contributed by atoms with E-state index in [1.807, 2.05) is 25.1 Å². The number of H-pyrrole nitrogens is 1. The number of hydrogen-bond acceptors (Lipinski definition) is 4. The third-order valence-corrected chi connectivity index (χ3v) is 4.52. The van der Waals surface area contributed by atoms with E-state index >= 15 is 0 Å². The number of nitrogens with one attached hydrogen (secondary N) is 2. The molecule has 0 aliphatic rings. The van der Waals surface area contributed by atoms with E-state index in [0.29, 0.717) is 10.6 Å². The number of benzene rings is 1. The monoisotopic (exact) mass is 324 g/mol. The molecule has 0 atom stereocenters. The lowest BCUT2D eigenvalue weighted by Crippen LogP contribution is -2.25. The van der Waals surface area contributed by atoms with E-state index in [1.165, 1.54) is 21.9 Å². The van der Waals surface area contributed by atoms with Crippen molar-refractivity contribution in [2.24, 2.45) is 0 Å². The zero-order chi connectivity index (χ0) is 16.0. The molecule has 0 aliphatic carbocycles. The molecule has 2 N–H and O–H groups in total. The van der Waals surface area contributed by atoms with Crippen molar-refractivity contribution in [3.63, 3.8) is 0 Å². The number of carbonyl (C=O) groups is 1. The molecule has 3 aromatic heterocycles. The van der Waals surface area contributed by atoms with Crippen molar-refractivity contribution in [3.05, 3.63) is 63.7 Å². The molecule has 0 saturated carbocycles. The lowest BCUT2D eigenvalue weighted by atomic mass is 10.2. The summed E-state index contributed by atoms with van der Waals surface area (Å²) in [5, 5.41) is 3.68. The quantitative estimate of drug-likeness (QED) is 0.595. The first-order chi connectivity index (χ1) is 11.1. The van der Waals surface area contributed by atoms with Gasteiger partial charge in [0.25, 0.3) is 11.5 Å². The molecular weight excluding hydrogens is 312 g/mol. The molecule has 1 aromatic carbocycles. The largest absolute Gasteiger partial charge is 0.361 e. The zero-order valence-electron chi connectivity index (χ0n) is 12.2. The van der Waals surface area contributed by atoms with Crippen LogP contribution in [-0.2, 0) is 0 Å². The summed E-state index contributed by atoms with van der Waals surface area (Å²) in [4.78, 5) is 33.7. The van der Waals surface area contributed by atoms with Gasteiger partial charge in [0.2, 0.25) is 0 Å². The van der Waals surface area contributed by atoms with Crippen LogP contribution in [0.25, 0.3) is 15.9 Å². The molecule has 0 aliphatic heterocycles. The van der Waals surface area contributed by atoms with E-state index in [2.05, 4.69) is 15.3 Å². The number of anilines is 1. The summed E-state index contributed by atoms with van der Waals surface area (Å²) >= 11 is 1.41. The summed E-state index contributed by atoms with van der Waals surface area (Å²) in [6.45, 7) is 1.89. The van der Waals surface area contributed by atoms with Gasteiger partial charge < -0.3 is 10.3 Å². The SMILES string of the molecule is Cc1cn2c(=O)c(C(=O)Nc3cccc4[nH]ccc34)cnc2s1. The molecule has 6 nitrogen and oxygen atoms in total. The maximum atomic E-state index is 12.5. The number of carbonyl (C=O) groups excluding carboxylic acids is 1. The van der Waals surface area contributed by atoms with Gasteiger partial charge in [0, 0.05) is 34.4 Å². The Bertz CT molecular complexity index is 1110. The van der Waals surface area contributed by atoms with Gasteiger partial charge in [0.1, 0.15) is 5.56 Å². The molecule has 0 unspecified atom stereocenters. The molecule has 3 heterocycles. The molecule has 0 spiro atoms. The standard InChI is InChI=1S/C16H12N4O2S/c1-9-8-20-15(22)11(7-18-16(20)23-9)14(21)19-13-4-2-3-12-10(13)5-6-17-12/h2-8,17H,1H3,(H,19,21). The second-order valence-electron chi connectivity index (χ2n) is 5.17. The molecule has 0 fully saturated rings. The average Bonchev–Trinajstić information content (AvgIpc) is 3.14. The number of hydrogen-bond donors (Lipinski definition) is 2. The summed E-state index contributed by atoms with van der Waals surface area (Å²) in [6.07, 6.45) is 4.83. The van der Waals surface area contributed by atoms with Crippen LogP contribution in [-0.4, -0.2) is 20.3 Å². The Morgan fingerprint density at radius 2 is 2.22 bits per heavy atom. The van der Waals surface area contributed by atoms with Gasteiger partial charge in [-0.05, 0) is 25.1 Å². The highest BCUT2D eigenvalue weighted by Gasteiger charge is 2.15. The number of aromatic nitrogens is 3. The molecule has 0 radical (unpaired) electrons. The Morgan fingerprint density at radius 3 is 3.09 bits per heavy atom. The van der Waals surface area contributed by atoms with Gasteiger partial charge in [-0.25, -0.2) is 4.98 Å². The smallest absolute Gasteiger partial charge is 0.271 e. The van der Waals surface area contributed by atoms with Crippen molar-refractivity contribution in [1.82, 2.24) is 14.4 Å². The number of aromatic amines is 1. The molecule has 4 rings (SSSR count). The first kappa shape index (κ1) is 13.7. The van der Waals surface area contributed by atoms with Crippen LogP contribution < -0.4 is 10.9 Å². The number of aryl methyl sites for hydroxylation is 1. The highest BCUT2D eigenvalue weighted by molar-refractivity contribution is 7.16. The van der Waals surface area contributed by atoms with Gasteiger partial charge >= 0.3 is 0 Å². The second kappa shape index (κ2) is 5.06. The van der Waals surface area contributed by atoms with Crippen LogP contribution in [0.15, 0.2) is 47.7 Å². The van der Waals surface area contributed by atoms with Gasteiger partial charge in [0.05, 0.1) is 5.69 Å². The fourth-order valence-electron chi connectivity index (χ4n) is 2.54. The zero-order valence-corrected chi connectivity index (χ0v) is 13.0. The van der Waals surface area contributed by atoms with E-state index in [9.17, 15) is 9.59 Å². The minimum atomic E-state index is -0.463. The van der Waals surface area contributed by atoms with Gasteiger partial charge in [-0.3, -0.25) is 14.0 Å². The van der Waals surface area contributed by atoms with Crippen molar-refractivity contribution >= 4 is 38.8 Å². The molecule has 0 saturated heterocycles. The van der Waals surface area contributed by atoms with Crippen molar-refractivity contribution in [3.8, 4) is 0 Å². The third-order valence-electron chi connectivity index (χ3n) is 3.61. The lowest BCUT2D eigenvalue weighted by Gasteiger charge is -2.06. The fraction of sp³-hybridized carbons (Fsp3) is 0.0625. The molecule has 1 amide bonds. The molecular formula is C16H12N4O2S. The van der Waals surface area contributed by atoms with Crippen LogP contribution in [0.1, 0.15) is 15.2 Å². The summed E-state index contributed by atoms with van der Waals surface area (Å²) in [5.74, 6) is -0.463. The Labute approximate surface area is 134 Å². The van der Waals surface area contributed by atoms with Crippen LogP contribution in [0.2, 0.25) is 0 Å². The summed E-state index contributed by atoms with van der Waals surface area (Å²) in [6, 6.07) is 7.43. The molecule has 114 valence electrons. The van der Waals surface area contributed by atoms with Crippen LogP contribution >= 0.6 is 11.3 Å². The third kappa shape index (κ3) is 2.22. The first-order valence-electron chi connectivity index (χ1n) is 6.99. The number of fused-ring (bicyclic) bond motifs is 2. The van der Waals surface area contributed by atoms with E-state index in [0.717, 1.165) is 15.8 Å². The minimum absolute atomic E-state index is 0.0211.